The zero-order valence-electron chi connectivity index (χ0n) is 12.9. The van der Waals surface area contributed by atoms with Crippen LogP contribution in [0.5, 0.6) is 0 Å². The van der Waals surface area contributed by atoms with Gasteiger partial charge in [-0.05, 0) is 52.7 Å². The number of hydrogen-bond acceptors (Lipinski definition) is 3. The summed E-state index contributed by atoms with van der Waals surface area (Å²) in [7, 11) is 0. The van der Waals surface area contributed by atoms with Crippen LogP contribution in [0.1, 0.15) is 52.6 Å². The van der Waals surface area contributed by atoms with E-state index in [1.165, 1.54) is 0 Å². The van der Waals surface area contributed by atoms with Gasteiger partial charge in [0.05, 0.1) is 5.69 Å². The fraction of sp³-hybridized carbons (Fsp3) is 0.562. The molecule has 4 heteroatoms. The van der Waals surface area contributed by atoms with Gasteiger partial charge in [0.25, 0.3) is 0 Å². The number of para-hydroxylation sites is 1. The molecule has 1 aromatic rings. The van der Waals surface area contributed by atoms with Gasteiger partial charge in [-0.1, -0.05) is 18.2 Å². The minimum Gasteiger partial charge on any atom is -0.443 e. The van der Waals surface area contributed by atoms with Crippen molar-refractivity contribution in [3.63, 3.8) is 0 Å². The molecule has 0 fully saturated rings. The summed E-state index contributed by atoms with van der Waals surface area (Å²) in [5, 5.41) is 0. The van der Waals surface area contributed by atoms with Crippen molar-refractivity contribution in [1.29, 1.82) is 0 Å². The minimum atomic E-state index is -0.512. The van der Waals surface area contributed by atoms with Crippen LogP contribution in [0.15, 0.2) is 24.3 Å². The van der Waals surface area contributed by atoms with Gasteiger partial charge >= 0.3 is 6.09 Å². The lowest BCUT2D eigenvalue weighted by Crippen LogP contribution is -2.54. The average molecular weight is 276 g/mol. The van der Waals surface area contributed by atoms with Gasteiger partial charge < -0.3 is 10.5 Å². The Morgan fingerprint density at radius 1 is 1.35 bits per heavy atom. The summed E-state index contributed by atoms with van der Waals surface area (Å²) in [6, 6.07) is 7.72. The van der Waals surface area contributed by atoms with Crippen LogP contribution in [0.3, 0.4) is 0 Å². The highest BCUT2D eigenvalue weighted by atomic mass is 16.6. The standard InChI is InChI=1S/C16H24N2O2/c1-15(2,3)20-14(19)18-13-9-7-6-8-11(13)12(17)10-16(18,4)5/h6-9,12H,10,17H2,1-5H3. The predicted molar refractivity (Wildman–Crippen MR) is 80.8 cm³/mol. The normalized spacial score (nSPS) is 21.3. The highest BCUT2D eigenvalue weighted by Gasteiger charge is 2.41. The number of nitrogens with zero attached hydrogens (tertiary/aromatic N) is 1. The number of anilines is 1. The molecule has 0 radical (unpaired) electrons. The van der Waals surface area contributed by atoms with Crippen molar-refractivity contribution >= 4 is 11.8 Å². The lowest BCUT2D eigenvalue weighted by molar-refractivity contribution is 0.0534. The first-order chi connectivity index (χ1) is 9.12. The predicted octanol–water partition coefficient (Wildman–Crippen LogP) is 3.61. The number of ether oxygens (including phenoxy) is 1. The molecule has 0 aliphatic carbocycles. The van der Waals surface area contributed by atoms with Gasteiger partial charge in [-0.2, -0.15) is 0 Å². The summed E-state index contributed by atoms with van der Waals surface area (Å²) in [4.78, 5) is 14.3. The van der Waals surface area contributed by atoms with E-state index in [2.05, 4.69) is 0 Å². The second kappa shape index (κ2) is 4.77. The molecule has 4 nitrogen and oxygen atoms in total. The molecule has 0 saturated carbocycles. The molecule has 1 heterocycles. The van der Waals surface area contributed by atoms with E-state index < -0.39 is 5.60 Å². The van der Waals surface area contributed by atoms with Crippen molar-refractivity contribution in [3.05, 3.63) is 29.8 Å². The van der Waals surface area contributed by atoms with Crippen LogP contribution in [0.25, 0.3) is 0 Å². The van der Waals surface area contributed by atoms with Crippen LogP contribution in [-0.2, 0) is 4.74 Å². The van der Waals surface area contributed by atoms with E-state index in [4.69, 9.17) is 10.5 Å². The molecule has 0 bridgehead atoms. The number of rotatable bonds is 0. The van der Waals surface area contributed by atoms with Crippen LogP contribution in [0, 0.1) is 0 Å². The number of carbonyl (C=O) groups excluding carboxylic acids is 1. The Labute approximate surface area is 120 Å². The van der Waals surface area contributed by atoms with Crippen molar-refractivity contribution in [2.24, 2.45) is 5.73 Å². The van der Waals surface area contributed by atoms with Gasteiger partial charge in [0.2, 0.25) is 0 Å². The van der Waals surface area contributed by atoms with E-state index in [0.717, 1.165) is 11.3 Å². The van der Waals surface area contributed by atoms with E-state index in [1.807, 2.05) is 58.9 Å². The van der Waals surface area contributed by atoms with Crippen LogP contribution >= 0.6 is 0 Å². The minimum absolute atomic E-state index is 0.0557. The summed E-state index contributed by atoms with van der Waals surface area (Å²) in [6.07, 6.45) is 0.394. The quantitative estimate of drug-likeness (QED) is 0.787. The molecule has 0 aromatic heterocycles. The molecule has 2 N–H and O–H groups in total. The summed E-state index contributed by atoms with van der Waals surface area (Å²) < 4.78 is 5.55. The Bertz CT molecular complexity index is 517. The second-order valence-corrected chi connectivity index (χ2v) is 7.00. The first-order valence-corrected chi connectivity index (χ1v) is 6.99. The molecule has 1 aliphatic heterocycles. The highest BCUT2D eigenvalue weighted by Crippen LogP contribution is 2.41. The molecule has 1 amide bonds. The molecule has 1 atom stereocenters. The largest absolute Gasteiger partial charge is 0.443 e. The first-order valence-electron chi connectivity index (χ1n) is 6.99. The van der Waals surface area contributed by atoms with E-state index >= 15 is 0 Å². The zero-order chi connectivity index (χ0) is 15.1. The summed E-state index contributed by atoms with van der Waals surface area (Å²) in [5.74, 6) is 0. The number of benzene rings is 1. The third-order valence-corrected chi connectivity index (χ3v) is 3.48. The van der Waals surface area contributed by atoms with Gasteiger partial charge in [-0.15, -0.1) is 0 Å². The third kappa shape index (κ3) is 2.80. The van der Waals surface area contributed by atoms with Crippen molar-refractivity contribution < 1.29 is 9.53 Å². The fourth-order valence-corrected chi connectivity index (χ4v) is 2.72. The van der Waals surface area contributed by atoms with Crippen LogP contribution in [-0.4, -0.2) is 17.2 Å². The molecule has 0 saturated heterocycles. The van der Waals surface area contributed by atoms with Crippen molar-refractivity contribution in [2.75, 3.05) is 4.90 Å². The Kier molecular flexibility index (Phi) is 3.54. The SMILES string of the molecule is CC(C)(C)OC(=O)N1c2ccccc2C(N)CC1(C)C. The van der Waals surface area contributed by atoms with Crippen molar-refractivity contribution in [2.45, 2.75) is 58.2 Å². The maximum Gasteiger partial charge on any atom is 0.415 e. The molecule has 1 aliphatic rings. The summed E-state index contributed by atoms with van der Waals surface area (Å²) in [6.45, 7) is 9.66. The molecule has 1 aromatic carbocycles. The fourth-order valence-electron chi connectivity index (χ4n) is 2.72. The number of nitrogens with two attached hydrogens (primary N) is 1. The topological polar surface area (TPSA) is 55.6 Å². The van der Waals surface area contributed by atoms with Gasteiger partial charge in [0.15, 0.2) is 0 Å². The van der Waals surface area contributed by atoms with E-state index in [9.17, 15) is 4.79 Å². The first kappa shape index (κ1) is 14.9. The molecule has 0 spiro atoms. The van der Waals surface area contributed by atoms with Gasteiger partial charge in [-0.25, -0.2) is 4.79 Å². The van der Waals surface area contributed by atoms with Crippen LogP contribution in [0.2, 0.25) is 0 Å². The zero-order valence-corrected chi connectivity index (χ0v) is 12.9. The molecule has 2 rings (SSSR count). The van der Waals surface area contributed by atoms with E-state index in [1.54, 1.807) is 4.90 Å². The number of amides is 1. The lowest BCUT2D eigenvalue weighted by atomic mass is 9.84. The Balaban J connectivity index is 2.44. The maximum atomic E-state index is 12.6. The van der Waals surface area contributed by atoms with Crippen LogP contribution < -0.4 is 10.6 Å². The monoisotopic (exact) mass is 276 g/mol. The smallest absolute Gasteiger partial charge is 0.415 e. The van der Waals surface area contributed by atoms with Crippen molar-refractivity contribution in [3.8, 4) is 0 Å². The molecular formula is C16H24N2O2. The Morgan fingerprint density at radius 2 is 1.95 bits per heavy atom. The third-order valence-electron chi connectivity index (χ3n) is 3.48. The summed E-state index contributed by atoms with van der Waals surface area (Å²) >= 11 is 0. The lowest BCUT2D eigenvalue weighted by Gasteiger charge is -2.45. The second-order valence-electron chi connectivity index (χ2n) is 7.00. The number of hydrogen-bond donors (Lipinski definition) is 1. The number of fused-ring (bicyclic) bond motifs is 1. The van der Waals surface area contributed by atoms with Crippen LogP contribution in [0.4, 0.5) is 10.5 Å². The van der Waals surface area contributed by atoms with E-state index in [-0.39, 0.29) is 17.7 Å². The van der Waals surface area contributed by atoms with Gasteiger partial charge in [-0.3, -0.25) is 4.90 Å². The van der Waals surface area contributed by atoms with Gasteiger partial charge in [0, 0.05) is 11.6 Å². The van der Waals surface area contributed by atoms with Gasteiger partial charge in [0.1, 0.15) is 5.60 Å². The molecule has 20 heavy (non-hydrogen) atoms. The summed E-state index contributed by atoms with van der Waals surface area (Å²) in [5.41, 5.74) is 7.21. The molecular weight excluding hydrogens is 252 g/mol. The average Bonchev–Trinajstić information content (AvgIpc) is 2.25. The maximum absolute atomic E-state index is 12.6. The van der Waals surface area contributed by atoms with Crippen molar-refractivity contribution in [1.82, 2.24) is 0 Å². The molecule has 110 valence electrons. The number of carbonyl (C=O) groups is 1. The highest BCUT2D eigenvalue weighted by molar-refractivity contribution is 5.91. The molecule has 1 unspecified atom stereocenters. The Hall–Kier alpha value is -1.55. The Morgan fingerprint density at radius 3 is 2.55 bits per heavy atom. The van der Waals surface area contributed by atoms with E-state index in [0.29, 0.717) is 6.42 Å².